The van der Waals surface area contributed by atoms with Crippen LogP contribution in [0.1, 0.15) is 13.3 Å². The number of benzene rings is 1. The lowest BCUT2D eigenvalue weighted by Gasteiger charge is -2.20. The number of aliphatic hydroxyl groups is 1. The van der Waals surface area contributed by atoms with Gasteiger partial charge in [-0.15, -0.1) is 0 Å². The number of ether oxygens (including phenoxy) is 1. The van der Waals surface area contributed by atoms with Gasteiger partial charge in [0.15, 0.2) is 0 Å². The number of carbonyl (C=O) groups excluding carboxylic acids is 1. The van der Waals surface area contributed by atoms with Gasteiger partial charge < -0.3 is 20.9 Å². The first-order valence-electron chi connectivity index (χ1n) is 7.19. The van der Waals surface area contributed by atoms with Crippen LogP contribution in [0.15, 0.2) is 24.3 Å². The van der Waals surface area contributed by atoms with Gasteiger partial charge in [-0.3, -0.25) is 9.69 Å². The highest BCUT2D eigenvalue weighted by Crippen LogP contribution is 2.15. The SMILES string of the molecule is CC(=O)NC1CCN(CC(O)COc2cccc(N)c2)C1. The minimum Gasteiger partial charge on any atom is -0.491 e. The minimum absolute atomic E-state index is 0.00704. The van der Waals surface area contributed by atoms with Gasteiger partial charge in [-0.05, 0) is 18.6 Å². The van der Waals surface area contributed by atoms with E-state index < -0.39 is 6.10 Å². The molecular formula is C15H23N3O3. The van der Waals surface area contributed by atoms with Crippen molar-refractivity contribution in [2.24, 2.45) is 0 Å². The lowest BCUT2D eigenvalue weighted by molar-refractivity contribution is -0.119. The molecular weight excluding hydrogens is 270 g/mol. The standard InChI is InChI=1S/C15H23N3O3/c1-11(19)17-13-5-6-18(8-13)9-14(20)10-21-15-4-2-3-12(16)7-15/h2-4,7,13-14,20H,5-6,8-10,16H2,1H3,(H,17,19). The van der Waals surface area contributed by atoms with E-state index in [1.807, 2.05) is 12.1 Å². The van der Waals surface area contributed by atoms with Gasteiger partial charge in [-0.25, -0.2) is 0 Å². The predicted octanol–water partition coefficient (Wildman–Crippen LogP) is 0.219. The number of β-amino-alcohol motifs (C(OH)–C–C–N with tert-alkyl or cyclic N) is 1. The number of nitrogens with zero attached hydrogens (tertiary/aromatic N) is 1. The summed E-state index contributed by atoms with van der Waals surface area (Å²) < 4.78 is 5.52. The van der Waals surface area contributed by atoms with Crippen LogP contribution in [0.4, 0.5) is 5.69 Å². The minimum atomic E-state index is -0.567. The number of rotatable bonds is 6. The van der Waals surface area contributed by atoms with E-state index in [0.29, 0.717) is 18.0 Å². The molecule has 1 aliphatic heterocycles. The van der Waals surface area contributed by atoms with Crippen LogP contribution >= 0.6 is 0 Å². The van der Waals surface area contributed by atoms with Crippen molar-refractivity contribution in [3.8, 4) is 5.75 Å². The Hall–Kier alpha value is -1.79. The Morgan fingerprint density at radius 3 is 3.14 bits per heavy atom. The maximum Gasteiger partial charge on any atom is 0.217 e. The quantitative estimate of drug-likeness (QED) is 0.653. The summed E-state index contributed by atoms with van der Waals surface area (Å²) in [5.74, 6) is 0.652. The third-order valence-electron chi connectivity index (χ3n) is 3.45. The smallest absolute Gasteiger partial charge is 0.217 e. The largest absolute Gasteiger partial charge is 0.491 e. The third kappa shape index (κ3) is 5.24. The summed E-state index contributed by atoms with van der Waals surface area (Å²) in [6, 6.07) is 7.33. The highest BCUT2D eigenvalue weighted by molar-refractivity contribution is 5.73. The number of amides is 1. The van der Waals surface area contributed by atoms with Crippen LogP contribution in [0, 0.1) is 0 Å². The number of nitrogens with one attached hydrogen (secondary N) is 1. The number of hydrogen-bond donors (Lipinski definition) is 3. The first-order chi connectivity index (χ1) is 10.0. The van der Waals surface area contributed by atoms with Crippen molar-refractivity contribution in [1.29, 1.82) is 0 Å². The topological polar surface area (TPSA) is 87.8 Å². The van der Waals surface area contributed by atoms with Crippen molar-refractivity contribution < 1.29 is 14.6 Å². The van der Waals surface area contributed by atoms with Crippen molar-refractivity contribution in [2.45, 2.75) is 25.5 Å². The van der Waals surface area contributed by atoms with Crippen LogP contribution < -0.4 is 15.8 Å². The third-order valence-corrected chi connectivity index (χ3v) is 3.45. The highest BCUT2D eigenvalue weighted by atomic mass is 16.5. The van der Waals surface area contributed by atoms with Gasteiger partial charge in [0.25, 0.3) is 0 Å². The molecule has 4 N–H and O–H groups in total. The lowest BCUT2D eigenvalue weighted by atomic mass is 10.2. The van der Waals surface area contributed by atoms with Crippen molar-refractivity contribution in [3.05, 3.63) is 24.3 Å². The number of anilines is 1. The van der Waals surface area contributed by atoms with E-state index in [0.717, 1.165) is 19.5 Å². The van der Waals surface area contributed by atoms with E-state index >= 15 is 0 Å². The summed E-state index contributed by atoms with van der Waals surface area (Å²) in [5.41, 5.74) is 6.31. The number of aliphatic hydroxyl groups excluding tert-OH is 1. The fraction of sp³-hybridized carbons (Fsp3) is 0.533. The first-order valence-corrected chi connectivity index (χ1v) is 7.19. The zero-order valence-electron chi connectivity index (χ0n) is 12.3. The zero-order chi connectivity index (χ0) is 15.2. The molecule has 2 rings (SSSR count). The molecule has 1 aromatic rings. The van der Waals surface area contributed by atoms with Gasteiger partial charge in [-0.1, -0.05) is 6.07 Å². The highest BCUT2D eigenvalue weighted by Gasteiger charge is 2.24. The van der Waals surface area contributed by atoms with Gasteiger partial charge in [0.2, 0.25) is 5.91 Å². The second-order valence-electron chi connectivity index (χ2n) is 5.48. The molecule has 0 bridgehead atoms. The average Bonchev–Trinajstić information content (AvgIpc) is 2.83. The number of hydrogen-bond acceptors (Lipinski definition) is 5. The molecule has 1 heterocycles. The predicted molar refractivity (Wildman–Crippen MR) is 81.0 cm³/mol. The summed E-state index contributed by atoms with van der Waals surface area (Å²) in [5, 5.41) is 12.9. The van der Waals surface area contributed by atoms with Crippen LogP contribution in [0.2, 0.25) is 0 Å². The molecule has 21 heavy (non-hydrogen) atoms. The molecule has 0 aromatic heterocycles. The molecule has 6 heteroatoms. The summed E-state index contributed by atoms with van der Waals surface area (Å²) >= 11 is 0. The molecule has 116 valence electrons. The first kappa shape index (κ1) is 15.6. The summed E-state index contributed by atoms with van der Waals surface area (Å²) in [6.07, 6.45) is 0.352. The Labute approximate surface area is 124 Å². The molecule has 6 nitrogen and oxygen atoms in total. The van der Waals surface area contributed by atoms with Gasteiger partial charge in [0.05, 0.1) is 0 Å². The fourth-order valence-electron chi connectivity index (χ4n) is 2.55. The number of likely N-dealkylation sites (tertiary alicyclic amines) is 1. The van der Waals surface area contributed by atoms with Crippen molar-refractivity contribution >= 4 is 11.6 Å². The molecule has 1 fully saturated rings. The molecule has 1 aliphatic rings. The van der Waals surface area contributed by atoms with Gasteiger partial charge >= 0.3 is 0 Å². The number of carbonyl (C=O) groups is 1. The number of nitrogen functional groups attached to an aromatic ring is 1. The van der Waals surface area contributed by atoms with Crippen molar-refractivity contribution in [2.75, 3.05) is 32.0 Å². The normalized spacial score (nSPS) is 20.2. The average molecular weight is 293 g/mol. The monoisotopic (exact) mass is 293 g/mol. The van der Waals surface area contributed by atoms with Crippen molar-refractivity contribution in [3.63, 3.8) is 0 Å². The van der Waals surface area contributed by atoms with E-state index in [4.69, 9.17) is 10.5 Å². The molecule has 1 amide bonds. The van der Waals surface area contributed by atoms with Crippen LogP contribution in [-0.2, 0) is 4.79 Å². The fourth-order valence-corrected chi connectivity index (χ4v) is 2.55. The molecule has 2 unspecified atom stereocenters. The molecule has 1 saturated heterocycles. The van der Waals surface area contributed by atoms with E-state index in [-0.39, 0.29) is 18.6 Å². The Morgan fingerprint density at radius 1 is 1.62 bits per heavy atom. The van der Waals surface area contributed by atoms with Gasteiger partial charge in [0, 0.05) is 44.4 Å². The summed E-state index contributed by atoms with van der Waals surface area (Å²) in [7, 11) is 0. The molecule has 1 aromatic carbocycles. The maximum atomic E-state index is 11.0. The second kappa shape index (κ2) is 7.28. The Bertz CT molecular complexity index is 481. The Kier molecular flexibility index (Phi) is 5.41. The number of nitrogens with two attached hydrogens (primary N) is 1. The molecule has 2 atom stereocenters. The second-order valence-corrected chi connectivity index (χ2v) is 5.48. The maximum absolute atomic E-state index is 11.0. The van der Waals surface area contributed by atoms with Crippen LogP contribution in [0.3, 0.4) is 0 Å². The van der Waals surface area contributed by atoms with E-state index in [9.17, 15) is 9.90 Å². The summed E-state index contributed by atoms with van der Waals surface area (Å²) in [4.78, 5) is 13.1. The lowest BCUT2D eigenvalue weighted by Crippen LogP contribution is -2.38. The van der Waals surface area contributed by atoms with Gasteiger partial charge in [-0.2, -0.15) is 0 Å². The zero-order valence-corrected chi connectivity index (χ0v) is 12.3. The van der Waals surface area contributed by atoms with E-state index in [1.54, 1.807) is 12.1 Å². The molecule has 0 spiro atoms. The Balaban J connectivity index is 1.70. The molecule has 0 saturated carbocycles. The van der Waals surface area contributed by atoms with Gasteiger partial charge in [0.1, 0.15) is 18.5 Å². The Morgan fingerprint density at radius 2 is 2.43 bits per heavy atom. The van der Waals surface area contributed by atoms with Crippen molar-refractivity contribution in [1.82, 2.24) is 10.2 Å². The summed E-state index contributed by atoms with van der Waals surface area (Å²) in [6.45, 7) is 3.94. The van der Waals surface area contributed by atoms with E-state index in [2.05, 4.69) is 10.2 Å². The van der Waals surface area contributed by atoms with E-state index in [1.165, 1.54) is 6.92 Å². The molecule has 0 aliphatic carbocycles. The van der Waals surface area contributed by atoms with Crippen LogP contribution in [0.5, 0.6) is 5.75 Å². The van der Waals surface area contributed by atoms with Crippen LogP contribution in [0.25, 0.3) is 0 Å². The molecule has 0 radical (unpaired) electrons. The van der Waals surface area contributed by atoms with Crippen LogP contribution in [-0.4, -0.2) is 54.3 Å².